The van der Waals surface area contributed by atoms with E-state index in [1.54, 1.807) is 6.08 Å². The zero-order valence-corrected chi connectivity index (χ0v) is 17.1. The normalized spacial score (nSPS) is 20.4. The summed E-state index contributed by atoms with van der Waals surface area (Å²) in [6.45, 7) is 15.3. The molecule has 0 N–H and O–H groups in total. The highest BCUT2D eigenvalue weighted by Gasteiger charge is 2.26. The van der Waals surface area contributed by atoms with Gasteiger partial charge in [0.1, 0.15) is 6.29 Å². The minimum atomic E-state index is 0.280. The summed E-state index contributed by atoms with van der Waals surface area (Å²) in [5, 5.41) is 0. The fourth-order valence-corrected chi connectivity index (χ4v) is 3.19. The Hall–Kier alpha value is -1.89. The van der Waals surface area contributed by atoms with Crippen LogP contribution in [0.2, 0.25) is 0 Å². The molecule has 0 radical (unpaired) electrons. The van der Waals surface area contributed by atoms with E-state index in [0.29, 0.717) is 0 Å². The summed E-state index contributed by atoms with van der Waals surface area (Å²) < 4.78 is 0. The van der Waals surface area contributed by atoms with Crippen molar-refractivity contribution >= 4 is 6.29 Å². The number of rotatable bonds is 6. The van der Waals surface area contributed by atoms with Crippen LogP contribution in [0.25, 0.3) is 0 Å². The maximum atomic E-state index is 10.5. The second kappa shape index (κ2) is 9.56. The summed E-state index contributed by atoms with van der Waals surface area (Å²) in [6, 6.07) is 0. The molecule has 0 unspecified atom stereocenters. The SMILES string of the molecule is CC1=C(/C=C(C)/C(C)=C/C=C/C=C(C)/C(C)=C/C=O)C(C)(C)CCC1. The lowest BCUT2D eigenvalue weighted by Crippen LogP contribution is -2.19. The Morgan fingerprint density at radius 2 is 1.40 bits per heavy atom. The van der Waals surface area contributed by atoms with E-state index in [0.717, 1.165) is 17.4 Å². The zero-order valence-electron chi connectivity index (χ0n) is 17.1. The van der Waals surface area contributed by atoms with Crippen LogP contribution in [0, 0.1) is 5.41 Å². The molecule has 1 aliphatic carbocycles. The average molecular weight is 339 g/mol. The molecule has 0 atom stereocenters. The van der Waals surface area contributed by atoms with Crippen molar-refractivity contribution in [1.29, 1.82) is 0 Å². The largest absolute Gasteiger partial charge is 0.299 e. The maximum Gasteiger partial charge on any atom is 0.143 e. The minimum Gasteiger partial charge on any atom is -0.299 e. The number of allylic oxidation sites excluding steroid dienone is 12. The molecule has 1 heteroatoms. The van der Waals surface area contributed by atoms with Gasteiger partial charge in [-0.2, -0.15) is 0 Å². The quantitative estimate of drug-likeness (QED) is 0.288. The van der Waals surface area contributed by atoms with Crippen molar-refractivity contribution in [1.82, 2.24) is 0 Å². The van der Waals surface area contributed by atoms with Crippen molar-refractivity contribution in [2.24, 2.45) is 5.41 Å². The van der Waals surface area contributed by atoms with Gasteiger partial charge in [0, 0.05) is 0 Å². The number of carbonyl (C=O) groups excluding carboxylic acids is 1. The lowest BCUT2D eigenvalue weighted by atomic mass is 9.72. The van der Waals surface area contributed by atoms with Crippen molar-refractivity contribution in [2.45, 2.75) is 67.7 Å². The maximum absolute atomic E-state index is 10.5. The molecule has 25 heavy (non-hydrogen) atoms. The van der Waals surface area contributed by atoms with E-state index in [2.05, 4.69) is 52.8 Å². The second-order valence-corrected chi connectivity index (χ2v) is 7.83. The van der Waals surface area contributed by atoms with Crippen molar-refractivity contribution < 1.29 is 4.79 Å². The fourth-order valence-electron chi connectivity index (χ4n) is 3.19. The van der Waals surface area contributed by atoms with Crippen molar-refractivity contribution in [2.75, 3.05) is 0 Å². The van der Waals surface area contributed by atoms with Gasteiger partial charge in [-0.05, 0) is 93.2 Å². The molecule has 1 nitrogen and oxygen atoms in total. The molecule has 0 spiro atoms. The van der Waals surface area contributed by atoms with Crippen LogP contribution in [0.5, 0.6) is 0 Å². The van der Waals surface area contributed by atoms with E-state index in [-0.39, 0.29) is 5.41 Å². The molecule has 1 aliphatic rings. The lowest BCUT2D eigenvalue weighted by molar-refractivity contribution is -0.104. The highest BCUT2D eigenvalue weighted by atomic mass is 16.1. The summed E-state index contributed by atoms with van der Waals surface area (Å²) in [6.07, 6.45) is 16.9. The summed E-state index contributed by atoms with van der Waals surface area (Å²) in [5.41, 5.74) is 8.04. The summed E-state index contributed by atoms with van der Waals surface area (Å²) in [5.74, 6) is 0. The molecule has 136 valence electrons. The second-order valence-electron chi connectivity index (χ2n) is 7.83. The first-order valence-corrected chi connectivity index (χ1v) is 9.22. The van der Waals surface area contributed by atoms with Crippen molar-refractivity contribution in [3.05, 3.63) is 69.9 Å². The van der Waals surface area contributed by atoms with Crippen LogP contribution in [0.15, 0.2) is 69.9 Å². The number of hydrogen-bond acceptors (Lipinski definition) is 1. The van der Waals surface area contributed by atoms with Crippen molar-refractivity contribution in [3.8, 4) is 0 Å². The van der Waals surface area contributed by atoms with Crippen LogP contribution in [0.4, 0.5) is 0 Å². The van der Waals surface area contributed by atoms with Crippen LogP contribution in [0.1, 0.15) is 67.7 Å². The molecule has 1 rings (SSSR count). The monoisotopic (exact) mass is 338 g/mol. The summed E-state index contributed by atoms with van der Waals surface area (Å²) in [4.78, 5) is 10.5. The Kier molecular flexibility index (Phi) is 8.09. The predicted molar refractivity (Wildman–Crippen MR) is 111 cm³/mol. The molecule has 0 aliphatic heterocycles. The molecule has 0 fully saturated rings. The van der Waals surface area contributed by atoms with E-state index in [4.69, 9.17) is 0 Å². The first kappa shape index (κ1) is 21.2. The molecule has 0 amide bonds. The molecule has 0 bridgehead atoms. The predicted octanol–water partition coefficient (Wildman–Crippen LogP) is 7.05. The van der Waals surface area contributed by atoms with Gasteiger partial charge in [0.25, 0.3) is 0 Å². The van der Waals surface area contributed by atoms with Gasteiger partial charge in [-0.3, -0.25) is 4.79 Å². The van der Waals surface area contributed by atoms with Crippen LogP contribution in [0.3, 0.4) is 0 Å². The first-order valence-electron chi connectivity index (χ1n) is 9.22. The van der Waals surface area contributed by atoms with Gasteiger partial charge >= 0.3 is 0 Å². The topological polar surface area (TPSA) is 17.1 Å². The van der Waals surface area contributed by atoms with Crippen LogP contribution < -0.4 is 0 Å². The third-order valence-corrected chi connectivity index (χ3v) is 5.27. The van der Waals surface area contributed by atoms with Gasteiger partial charge in [-0.1, -0.05) is 49.8 Å². The van der Waals surface area contributed by atoms with Crippen LogP contribution in [-0.2, 0) is 4.79 Å². The Morgan fingerprint density at radius 3 is 1.92 bits per heavy atom. The minimum absolute atomic E-state index is 0.280. The van der Waals surface area contributed by atoms with Crippen LogP contribution in [-0.4, -0.2) is 6.29 Å². The average Bonchev–Trinajstić information content (AvgIpc) is 2.54. The Bertz CT molecular complexity index is 673. The Balaban J connectivity index is 2.92. The highest BCUT2D eigenvalue weighted by molar-refractivity contribution is 5.67. The summed E-state index contributed by atoms with van der Waals surface area (Å²) >= 11 is 0. The number of carbonyl (C=O) groups is 1. The Morgan fingerprint density at radius 1 is 0.880 bits per heavy atom. The molecule has 0 saturated heterocycles. The van der Waals surface area contributed by atoms with Crippen LogP contribution >= 0.6 is 0 Å². The van der Waals surface area contributed by atoms with Gasteiger partial charge in [0.2, 0.25) is 0 Å². The number of aldehydes is 1. The van der Waals surface area contributed by atoms with Gasteiger partial charge < -0.3 is 0 Å². The number of hydrogen-bond donors (Lipinski definition) is 0. The third kappa shape index (κ3) is 6.49. The van der Waals surface area contributed by atoms with E-state index in [1.165, 1.54) is 41.6 Å². The Labute approximate surface area is 154 Å². The standard InChI is InChI=1S/C24H34O/c1-18(20(3)14-16-25)11-8-9-12-19(2)22(5)17-23-21(4)13-10-15-24(23,6)7/h8-9,11-12,14,16-17H,10,13,15H2,1-7H3/b9-8+,18-11+,19-12+,20-14+,22-17+. The molecule has 0 aromatic carbocycles. The molecule has 0 saturated carbocycles. The highest BCUT2D eigenvalue weighted by Crippen LogP contribution is 2.41. The van der Waals surface area contributed by atoms with Gasteiger partial charge in [-0.25, -0.2) is 0 Å². The fraction of sp³-hybridized carbons (Fsp3) is 0.458. The molecular formula is C24H34O. The molecule has 0 aromatic heterocycles. The van der Waals surface area contributed by atoms with E-state index in [1.807, 2.05) is 26.0 Å². The molecular weight excluding hydrogens is 304 g/mol. The zero-order chi connectivity index (χ0) is 19.0. The molecule has 0 heterocycles. The smallest absolute Gasteiger partial charge is 0.143 e. The molecule has 0 aromatic rings. The lowest BCUT2D eigenvalue weighted by Gasteiger charge is -2.33. The van der Waals surface area contributed by atoms with Gasteiger partial charge in [-0.15, -0.1) is 0 Å². The van der Waals surface area contributed by atoms with Gasteiger partial charge in [0.05, 0.1) is 0 Å². The first-order chi connectivity index (χ1) is 11.7. The summed E-state index contributed by atoms with van der Waals surface area (Å²) in [7, 11) is 0. The van der Waals surface area contributed by atoms with E-state index < -0.39 is 0 Å². The van der Waals surface area contributed by atoms with Crippen molar-refractivity contribution in [3.63, 3.8) is 0 Å². The van der Waals surface area contributed by atoms with Gasteiger partial charge in [0.15, 0.2) is 0 Å². The van der Waals surface area contributed by atoms with E-state index >= 15 is 0 Å². The van der Waals surface area contributed by atoms with E-state index in [9.17, 15) is 4.79 Å². The third-order valence-electron chi connectivity index (χ3n) is 5.27.